The maximum Gasteiger partial charge on any atom is 0.255 e. The van der Waals surface area contributed by atoms with Crippen molar-refractivity contribution >= 4 is 17.7 Å². The van der Waals surface area contributed by atoms with Crippen molar-refractivity contribution < 1.29 is 14.4 Å². The molecule has 140 valence electrons. The summed E-state index contributed by atoms with van der Waals surface area (Å²) in [7, 11) is 0. The molecule has 0 atom stereocenters. The number of amides is 3. The molecule has 0 bridgehead atoms. The van der Waals surface area contributed by atoms with Gasteiger partial charge in [0.15, 0.2) is 0 Å². The van der Waals surface area contributed by atoms with Crippen molar-refractivity contribution in [2.75, 3.05) is 26.2 Å². The molecular weight excluding hydrogens is 346 g/mol. The predicted octanol–water partition coefficient (Wildman–Crippen LogP) is 0.711. The van der Waals surface area contributed by atoms with E-state index in [4.69, 9.17) is 0 Å². The SMILES string of the molecule is CC(=O)N1CCN(C(=O)c2cncc(C(=O)NCc3ccccn3)c2)CC1. The molecule has 0 spiro atoms. The van der Waals surface area contributed by atoms with Crippen LogP contribution < -0.4 is 5.32 Å². The third-order valence-corrected chi connectivity index (χ3v) is 4.42. The number of hydrogen-bond acceptors (Lipinski definition) is 5. The number of hydrogen-bond donors (Lipinski definition) is 1. The van der Waals surface area contributed by atoms with E-state index in [1.807, 2.05) is 12.1 Å². The first kappa shape index (κ1) is 18.5. The minimum Gasteiger partial charge on any atom is -0.346 e. The number of carbonyl (C=O) groups excluding carboxylic acids is 3. The lowest BCUT2D eigenvalue weighted by Gasteiger charge is -2.34. The van der Waals surface area contributed by atoms with Crippen LogP contribution in [0.25, 0.3) is 0 Å². The zero-order valence-electron chi connectivity index (χ0n) is 15.1. The fourth-order valence-corrected chi connectivity index (χ4v) is 2.86. The third-order valence-electron chi connectivity index (χ3n) is 4.42. The topological polar surface area (TPSA) is 95.5 Å². The van der Waals surface area contributed by atoms with E-state index in [1.165, 1.54) is 19.3 Å². The molecule has 0 radical (unpaired) electrons. The molecule has 1 fully saturated rings. The summed E-state index contributed by atoms with van der Waals surface area (Å²) < 4.78 is 0. The van der Waals surface area contributed by atoms with Gasteiger partial charge in [-0.25, -0.2) is 0 Å². The number of pyridine rings is 2. The average Bonchev–Trinajstić information content (AvgIpc) is 2.72. The second-order valence-electron chi connectivity index (χ2n) is 6.26. The Morgan fingerprint density at radius 1 is 1.04 bits per heavy atom. The van der Waals surface area contributed by atoms with E-state index in [1.54, 1.807) is 28.1 Å². The summed E-state index contributed by atoms with van der Waals surface area (Å²) in [6.07, 6.45) is 4.54. The van der Waals surface area contributed by atoms with Crippen LogP contribution in [0.2, 0.25) is 0 Å². The normalized spacial score (nSPS) is 14.0. The monoisotopic (exact) mass is 367 g/mol. The highest BCUT2D eigenvalue weighted by Gasteiger charge is 2.24. The number of rotatable bonds is 4. The predicted molar refractivity (Wildman–Crippen MR) is 97.8 cm³/mol. The van der Waals surface area contributed by atoms with Gasteiger partial charge in [0.2, 0.25) is 5.91 Å². The summed E-state index contributed by atoms with van der Waals surface area (Å²) in [4.78, 5) is 48.0. The molecule has 0 saturated carbocycles. The van der Waals surface area contributed by atoms with Gasteiger partial charge in [-0.1, -0.05) is 6.07 Å². The molecule has 2 aromatic heterocycles. The van der Waals surface area contributed by atoms with Crippen molar-refractivity contribution in [1.29, 1.82) is 0 Å². The Morgan fingerprint density at radius 2 is 1.74 bits per heavy atom. The second-order valence-corrected chi connectivity index (χ2v) is 6.26. The highest BCUT2D eigenvalue weighted by Crippen LogP contribution is 2.10. The van der Waals surface area contributed by atoms with Gasteiger partial charge in [-0.3, -0.25) is 24.4 Å². The van der Waals surface area contributed by atoms with Gasteiger partial charge in [-0.2, -0.15) is 0 Å². The molecule has 0 unspecified atom stereocenters. The zero-order chi connectivity index (χ0) is 19.2. The maximum atomic E-state index is 12.7. The Bertz CT molecular complexity index is 832. The number of aromatic nitrogens is 2. The lowest BCUT2D eigenvalue weighted by Crippen LogP contribution is -2.50. The molecule has 1 aliphatic rings. The Balaban J connectivity index is 1.62. The van der Waals surface area contributed by atoms with Gasteiger partial charge in [-0.05, 0) is 18.2 Å². The van der Waals surface area contributed by atoms with E-state index < -0.39 is 0 Å². The minimum absolute atomic E-state index is 0.00957. The first-order chi connectivity index (χ1) is 13.0. The molecule has 3 rings (SSSR count). The first-order valence-electron chi connectivity index (χ1n) is 8.72. The Kier molecular flexibility index (Phi) is 5.75. The Labute approximate surface area is 157 Å². The van der Waals surface area contributed by atoms with Crippen molar-refractivity contribution in [3.8, 4) is 0 Å². The maximum absolute atomic E-state index is 12.7. The summed E-state index contributed by atoms with van der Waals surface area (Å²) in [5.41, 5.74) is 1.42. The van der Waals surface area contributed by atoms with Crippen molar-refractivity contribution in [3.63, 3.8) is 0 Å². The summed E-state index contributed by atoms with van der Waals surface area (Å²) in [5.74, 6) is -0.496. The summed E-state index contributed by atoms with van der Waals surface area (Å²) in [6, 6.07) is 7.02. The van der Waals surface area contributed by atoms with Crippen LogP contribution in [0, 0.1) is 0 Å². The van der Waals surface area contributed by atoms with Crippen LogP contribution in [0.1, 0.15) is 33.3 Å². The van der Waals surface area contributed by atoms with Crippen LogP contribution in [0.4, 0.5) is 0 Å². The Morgan fingerprint density at radius 3 is 2.41 bits per heavy atom. The molecule has 0 aromatic carbocycles. The molecule has 1 N–H and O–H groups in total. The fourth-order valence-electron chi connectivity index (χ4n) is 2.86. The third kappa shape index (κ3) is 4.66. The number of piperazine rings is 1. The molecule has 27 heavy (non-hydrogen) atoms. The highest BCUT2D eigenvalue weighted by atomic mass is 16.2. The molecule has 1 aliphatic heterocycles. The summed E-state index contributed by atoms with van der Waals surface area (Å²) in [5, 5.41) is 2.77. The van der Waals surface area contributed by atoms with Gasteiger partial charge in [0.1, 0.15) is 0 Å². The van der Waals surface area contributed by atoms with Gasteiger partial charge in [-0.15, -0.1) is 0 Å². The molecule has 1 saturated heterocycles. The van der Waals surface area contributed by atoms with Crippen LogP contribution in [-0.4, -0.2) is 63.7 Å². The van der Waals surface area contributed by atoms with Crippen LogP contribution in [-0.2, 0) is 11.3 Å². The molecule has 2 aromatic rings. The second kappa shape index (κ2) is 8.39. The first-order valence-corrected chi connectivity index (χ1v) is 8.72. The van der Waals surface area contributed by atoms with Crippen molar-refractivity contribution in [3.05, 3.63) is 59.7 Å². The van der Waals surface area contributed by atoms with E-state index in [0.29, 0.717) is 43.9 Å². The average molecular weight is 367 g/mol. The van der Waals surface area contributed by atoms with Crippen molar-refractivity contribution in [2.45, 2.75) is 13.5 Å². The van der Waals surface area contributed by atoms with E-state index in [9.17, 15) is 14.4 Å². The highest BCUT2D eigenvalue weighted by molar-refractivity contribution is 5.99. The number of carbonyl (C=O) groups is 3. The smallest absolute Gasteiger partial charge is 0.255 e. The Hall–Kier alpha value is -3.29. The van der Waals surface area contributed by atoms with Gasteiger partial charge in [0.25, 0.3) is 11.8 Å². The molecule has 3 amide bonds. The van der Waals surface area contributed by atoms with Crippen molar-refractivity contribution in [2.24, 2.45) is 0 Å². The van der Waals surface area contributed by atoms with Gasteiger partial charge in [0, 0.05) is 51.7 Å². The van der Waals surface area contributed by atoms with Crippen LogP contribution in [0.3, 0.4) is 0 Å². The fraction of sp³-hybridized carbons (Fsp3) is 0.316. The van der Waals surface area contributed by atoms with Gasteiger partial charge >= 0.3 is 0 Å². The number of nitrogens with zero attached hydrogens (tertiary/aromatic N) is 4. The van der Waals surface area contributed by atoms with Crippen molar-refractivity contribution in [1.82, 2.24) is 25.1 Å². The van der Waals surface area contributed by atoms with Gasteiger partial charge in [0.05, 0.1) is 23.4 Å². The van der Waals surface area contributed by atoms with E-state index in [-0.39, 0.29) is 17.7 Å². The molecule has 8 nitrogen and oxygen atoms in total. The van der Waals surface area contributed by atoms with Crippen LogP contribution >= 0.6 is 0 Å². The molecule has 0 aliphatic carbocycles. The minimum atomic E-state index is -0.316. The number of nitrogens with one attached hydrogen (secondary N) is 1. The summed E-state index contributed by atoms with van der Waals surface area (Å²) >= 11 is 0. The van der Waals surface area contributed by atoms with E-state index in [0.717, 1.165) is 5.69 Å². The standard InChI is InChI=1S/C19H21N5O3/c1-14(25)23-6-8-24(9-7-23)19(27)16-10-15(11-20-12-16)18(26)22-13-17-4-2-3-5-21-17/h2-5,10-12H,6-9,13H2,1H3,(H,22,26). The van der Waals surface area contributed by atoms with E-state index in [2.05, 4.69) is 15.3 Å². The summed E-state index contributed by atoms with van der Waals surface area (Å²) in [6.45, 7) is 3.78. The lowest BCUT2D eigenvalue weighted by molar-refractivity contribution is -0.130. The van der Waals surface area contributed by atoms with Crippen LogP contribution in [0.5, 0.6) is 0 Å². The van der Waals surface area contributed by atoms with E-state index >= 15 is 0 Å². The largest absolute Gasteiger partial charge is 0.346 e. The lowest BCUT2D eigenvalue weighted by atomic mass is 10.1. The van der Waals surface area contributed by atoms with Crippen LogP contribution in [0.15, 0.2) is 42.9 Å². The van der Waals surface area contributed by atoms with Gasteiger partial charge < -0.3 is 15.1 Å². The molecule has 8 heteroatoms. The quantitative estimate of drug-likeness (QED) is 0.859. The molecular formula is C19H21N5O3. The molecule has 3 heterocycles. The zero-order valence-corrected chi connectivity index (χ0v) is 15.1.